The Labute approximate surface area is 111 Å². The molecule has 2 N–H and O–H groups in total. The van der Waals surface area contributed by atoms with Crippen LogP contribution < -0.4 is 5.32 Å². The van der Waals surface area contributed by atoms with Crippen molar-refractivity contribution in [1.82, 2.24) is 5.32 Å². The van der Waals surface area contributed by atoms with Crippen LogP contribution in [0.2, 0.25) is 0 Å². The number of hydrogen-bond donors (Lipinski definition) is 2. The van der Waals surface area contributed by atoms with Crippen LogP contribution >= 0.6 is 0 Å². The third kappa shape index (κ3) is 5.24. The zero-order chi connectivity index (χ0) is 13.6. The minimum absolute atomic E-state index is 0.118. The first-order chi connectivity index (χ1) is 8.41. The molecule has 0 unspecified atom stereocenters. The van der Waals surface area contributed by atoms with E-state index in [0.29, 0.717) is 25.3 Å². The van der Waals surface area contributed by atoms with Gasteiger partial charge in [0.05, 0.1) is 11.4 Å². The summed E-state index contributed by atoms with van der Waals surface area (Å²) in [4.78, 5) is 0. The zero-order valence-electron chi connectivity index (χ0n) is 11.6. The van der Waals surface area contributed by atoms with Gasteiger partial charge in [-0.3, -0.25) is 0 Å². The molecular formula is C13H27NO3S. The first-order valence-corrected chi connectivity index (χ1v) is 8.89. The summed E-state index contributed by atoms with van der Waals surface area (Å²) in [6.07, 6.45) is 4.84. The highest BCUT2D eigenvalue weighted by atomic mass is 32.2. The van der Waals surface area contributed by atoms with Crippen LogP contribution in [0, 0.1) is 0 Å². The van der Waals surface area contributed by atoms with Gasteiger partial charge in [-0.1, -0.05) is 13.8 Å². The van der Waals surface area contributed by atoms with E-state index in [2.05, 4.69) is 12.2 Å². The van der Waals surface area contributed by atoms with E-state index >= 15 is 0 Å². The molecule has 0 aliphatic heterocycles. The molecule has 1 rings (SSSR count). The summed E-state index contributed by atoms with van der Waals surface area (Å²) in [5.41, 5.74) is -0.757. The molecule has 0 saturated heterocycles. The molecule has 0 radical (unpaired) electrons. The van der Waals surface area contributed by atoms with Crippen molar-refractivity contribution in [2.45, 2.75) is 64.0 Å². The Morgan fingerprint density at radius 1 is 1.28 bits per heavy atom. The molecule has 0 aromatic carbocycles. The molecule has 18 heavy (non-hydrogen) atoms. The first-order valence-electron chi connectivity index (χ1n) is 7.07. The highest BCUT2D eigenvalue weighted by Crippen LogP contribution is 2.31. The van der Waals surface area contributed by atoms with Gasteiger partial charge in [0.1, 0.15) is 9.84 Å². The smallest absolute Gasteiger partial charge is 0.150 e. The maximum absolute atomic E-state index is 11.5. The molecule has 108 valence electrons. The van der Waals surface area contributed by atoms with Gasteiger partial charge in [-0.05, 0) is 45.1 Å². The molecule has 1 fully saturated rings. The van der Waals surface area contributed by atoms with Gasteiger partial charge in [-0.2, -0.15) is 0 Å². The van der Waals surface area contributed by atoms with Crippen LogP contribution in [0.1, 0.15) is 52.4 Å². The van der Waals surface area contributed by atoms with Crippen LogP contribution in [0.3, 0.4) is 0 Å². The molecule has 4 nitrogen and oxygen atoms in total. The van der Waals surface area contributed by atoms with Crippen molar-refractivity contribution in [2.75, 3.05) is 18.1 Å². The molecule has 0 bridgehead atoms. The lowest BCUT2D eigenvalue weighted by molar-refractivity contribution is -0.00603. The second kappa shape index (κ2) is 6.87. The zero-order valence-corrected chi connectivity index (χ0v) is 12.4. The lowest BCUT2D eigenvalue weighted by Crippen LogP contribution is -2.42. The number of aliphatic hydroxyl groups is 1. The van der Waals surface area contributed by atoms with E-state index < -0.39 is 15.4 Å². The monoisotopic (exact) mass is 277 g/mol. The molecule has 1 saturated carbocycles. The quantitative estimate of drug-likeness (QED) is 0.740. The minimum Gasteiger partial charge on any atom is -0.390 e. The summed E-state index contributed by atoms with van der Waals surface area (Å²) >= 11 is 0. The van der Waals surface area contributed by atoms with Crippen molar-refractivity contribution >= 4 is 9.84 Å². The average molecular weight is 277 g/mol. The Balaban J connectivity index is 2.35. The fourth-order valence-electron chi connectivity index (χ4n) is 2.45. The fourth-order valence-corrected chi connectivity index (χ4v) is 3.43. The number of hydrogen-bond acceptors (Lipinski definition) is 4. The third-order valence-corrected chi connectivity index (χ3v) is 5.62. The van der Waals surface area contributed by atoms with Crippen LogP contribution in [0.25, 0.3) is 0 Å². The summed E-state index contributed by atoms with van der Waals surface area (Å²) in [7, 11) is -2.96. The molecular weight excluding hydrogens is 250 g/mol. The van der Waals surface area contributed by atoms with Crippen molar-refractivity contribution < 1.29 is 13.5 Å². The normalized spacial score (nSPS) is 29.4. The van der Waals surface area contributed by atoms with Crippen LogP contribution in [-0.4, -0.2) is 43.2 Å². The summed E-state index contributed by atoms with van der Waals surface area (Å²) < 4.78 is 22.9. The van der Waals surface area contributed by atoms with Gasteiger partial charge in [0.25, 0.3) is 0 Å². The highest BCUT2D eigenvalue weighted by molar-refractivity contribution is 7.91. The summed E-state index contributed by atoms with van der Waals surface area (Å²) in [5, 5.41) is 13.8. The number of rotatable bonds is 7. The Bertz CT molecular complexity index is 332. The molecule has 0 aromatic rings. The SMILES string of the molecule is CCCNC1CCC(O)(CCS(=O)(=O)CC)CC1. The Morgan fingerprint density at radius 2 is 1.89 bits per heavy atom. The second-order valence-electron chi connectivity index (χ2n) is 5.44. The Morgan fingerprint density at radius 3 is 2.39 bits per heavy atom. The predicted octanol–water partition coefficient (Wildman–Crippen LogP) is 1.48. The lowest BCUT2D eigenvalue weighted by atomic mass is 9.80. The molecule has 1 aliphatic carbocycles. The fraction of sp³-hybridized carbons (Fsp3) is 1.00. The van der Waals surface area contributed by atoms with Gasteiger partial charge in [0.2, 0.25) is 0 Å². The highest BCUT2D eigenvalue weighted by Gasteiger charge is 2.33. The van der Waals surface area contributed by atoms with E-state index in [-0.39, 0.29) is 11.5 Å². The lowest BCUT2D eigenvalue weighted by Gasteiger charge is -2.36. The molecule has 0 amide bonds. The number of nitrogens with one attached hydrogen (secondary N) is 1. The van der Waals surface area contributed by atoms with Gasteiger partial charge in [-0.25, -0.2) is 8.42 Å². The van der Waals surface area contributed by atoms with E-state index in [1.807, 2.05) is 0 Å². The van der Waals surface area contributed by atoms with Crippen molar-refractivity contribution in [3.05, 3.63) is 0 Å². The number of sulfone groups is 1. The summed E-state index contributed by atoms with van der Waals surface area (Å²) in [6, 6.07) is 0.494. The Hall–Kier alpha value is -0.130. The van der Waals surface area contributed by atoms with Crippen molar-refractivity contribution in [3.8, 4) is 0 Å². The van der Waals surface area contributed by atoms with Gasteiger partial charge >= 0.3 is 0 Å². The van der Waals surface area contributed by atoms with Crippen LogP contribution in [-0.2, 0) is 9.84 Å². The maximum Gasteiger partial charge on any atom is 0.150 e. The van der Waals surface area contributed by atoms with Crippen molar-refractivity contribution in [1.29, 1.82) is 0 Å². The van der Waals surface area contributed by atoms with Crippen LogP contribution in [0.15, 0.2) is 0 Å². The van der Waals surface area contributed by atoms with Gasteiger partial charge < -0.3 is 10.4 Å². The van der Waals surface area contributed by atoms with Gasteiger partial charge in [-0.15, -0.1) is 0 Å². The second-order valence-corrected chi connectivity index (χ2v) is 7.91. The van der Waals surface area contributed by atoms with E-state index in [9.17, 15) is 13.5 Å². The molecule has 0 atom stereocenters. The van der Waals surface area contributed by atoms with Crippen LogP contribution in [0.5, 0.6) is 0 Å². The average Bonchev–Trinajstić information content (AvgIpc) is 2.36. The third-order valence-electron chi connectivity index (χ3n) is 3.92. The molecule has 0 aromatic heterocycles. The van der Waals surface area contributed by atoms with Crippen LogP contribution in [0.4, 0.5) is 0 Å². The van der Waals surface area contributed by atoms with E-state index in [1.165, 1.54) is 0 Å². The van der Waals surface area contributed by atoms with Gasteiger partial charge in [0.15, 0.2) is 0 Å². The van der Waals surface area contributed by atoms with Crippen molar-refractivity contribution in [3.63, 3.8) is 0 Å². The largest absolute Gasteiger partial charge is 0.390 e. The van der Waals surface area contributed by atoms with E-state index in [4.69, 9.17) is 0 Å². The van der Waals surface area contributed by atoms with E-state index in [0.717, 1.165) is 25.8 Å². The molecule has 0 spiro atoms. The Kier molecular flexibility index (Phi) is 6.08. The topological polar surface area (TPSA) is 66.4 Å². The molecule has 0 heterocycles. The summed E-state index contributed by atoms with van der Waals surface area (Å²) in [6.45, 7) is 4.82. The predicted molar refractivity (Wildman–Crippen MR) is 74.4 cm³/mol. The minimum atomic E-state index is -2.96. The molecule has 5 heteroatoms. The van der Waals surface area contributed by atoms with Gasteiger partial charge in [0, 0.05) is 11.8 Å². The van der Waals surface area contributed by atoms with Crippen molar-refractivity contribution in [2.24, 2.45) is 0 Å². The molecule has 1 aliphatic rings. The first kappa shape index (κ1) is 15.9. The summed E-state index contributed by atoms with van der Waals surface area (Å²) in [5.74, 6) is 0.289. The van der Waals surface area contributed by atoms with E-state index in [1.54, 1.807) is 6.92 Å². The maximum atomic E-state index is 11.5. The standard InChI is InChI=1S/C13H27NO3S/c1-3-10-14-12-5-7-13(15,8-6-12)9-11-18(16,17)4-2/h12,14-15H,3-11H2,1-2H3.